The van der Waals surface area contributed by atoms with Crippen molar-refractivity contribution >= 4 is 11.6 Å². The molecule has 1 fully saturated rings. The van der Waals surface area contributed by atoms with Crippen molar-refractivity contribution in [1.82, 2.24) is 9.97 Å². The molecule has 7 heteroatoms. The van der Waals surface area contributed by atoms with Crippen molar-refractivity contribution < 1.29 is 13.2 Å². The van der Waals surface area contributed by atoms with Gasteiger partial charge in [0.25, 0.3) is 0 Å². The number of nitrogens with zero attached hydrogens (tertiary/aromatic N) is 3. The Morgan fingerprint density at radius 2 is 2.17 bits per heavy atom. The Bertz CT molecular complexity index is 408. The van der Waals surface area contributed by atoms with Gasteiger partial charge < -0.3 is 10.2 Å². The molecule has 0 aromatic carbocycles. The first-order valence-electron chi connectivity index (χ1n) is 5.82. The maximum Gasteiger partial charge on any atom is 0.393 e. The largest absolute Gasteiger partial charge is 0.393 e. The molecular weight excluding hydrogens is 245 g/mol. The maximum atomic E-state index is 12.7. The molecule has 1 aliphatic rings. The second-order valence-corrected chi connectivity index (χ2v) is 4.34. The summed E-state index contributed by atoms with van der Waals surface area (Å²) in [6, 6.07) is 0. The number of anilines is 2. The number of nitrogens with one attached hydrogen (secondary N) is 1. The highest BCUT2D eigenvalue weighted by Gasteiger charge is 2.42. The number of aromatic nitrogens is 2. The first-order chi connectivity index (χ1) is 8.50. The molecule has 0 bridgehead atoms. The Labute approximate surface area is 103 Å². The zero-order valence-corrected chi connectivity index (χ0v) is 10.0. The lowest BCUT2D eigenvalue weighted by molar-refractivity contribution is -0.176. The fourth-order valence-corrected chi connectivity index (χ4v) is 2.08. The first-order valence-corrected chi connectivity index (χ1v) is 5.82. The average molecular weight is 260 g/mol. The molecule has 0 saturated carbocycles. The summed E-state index contributed by atoms with van der Waals surface area (Å²) in [4.78, 5) is 9.83. The molecule has 2 rings (SSSR count). The van der Waals surface area contributed by atoms with Gasteiger partial charge in [0.2, 0.25) is 0 Å². The molecule has 100 valence electrons. The van der Waals surface area contributed by atoms with E-state index in [4.69, 9.17) is 0 Å². The van der Waals surface area contributed by atoms with Crippen LogP contribution in [-0.2, 0) is 0 Å². The van der Waals surface area contributed by atoms with Crippen LogP contribution in [0, 0.1) is 5.92 Å². The van der Waals surface area contributed by atoms with E-state index in [1.165, 1.54) is 12.4 Å². The molecule has 1 saturated heterocycles. The van der Waals surface area contributed by atoms with Crippen LogP contribution in [0.1, 0.15) is 12.8 Å². The SMILES string of the molecule is CNc1cncc(N2CCCC(C(F)(F)F)C2)n1. The van der Waals surface area contributed by atoms with Gasteiger partial charge in [-0.2, -0.15) is 13.2 Å². The van der Waals surface area contributed by atoms with Gasteiger partial charge in [-0.3, -0.25) is 4.98 Å². The van der Waals surface area contributed by atoms with E-state index in [0.717, 1.165) is 0 Å². The van der Waals surface area contributed by atoms with Crippen LogP contribution in [0.3, 0.4) is 0 Å². The van der Waals surface area contributed by atoms with Crippen molar-refractivity contribution in [3.05, 3.63) is 12.4 Å². The predicted molar refractivity (Wildman–Crippen MR) is 62.6 cm³/mol. The minimum absolute atomic E-state index is 0.0364. The summed E-state index contributed by atoms with van der Waals surface area (Å²) in [6.07, 6.45) is -0.379. The molecule has 0 radical (unpaired) electrons. The minimum Gasteiger partial charge on any atom is -0.372 e. The van der Waals surface area contributed by atoms with E-state index in [2.05, 4.69) is 15.3 Å². The molecule has 1 aromatic rings. The number of alkyl halides is 3. The van der Waals surface area contributed by atoms with E-state index in [0.29, 0.717) is 24.6 Å². The Balaban J connectivity index is 2.13. The van der Waals surface area contributed by atoms with Crippen molar-refractivity contribution in [1.29, 1.82) is 0 Å². The smallest absolute Gasteiger partial charge is 0.372 e. The Hall–Kier alpha value is -1.53. The maximum absolute atomic E-state index is 12.7. The van der Waals surface area contributed by atoms with Gasteiger partial charge in [-0.1, -0.05) is 0 Å². The highest BCUT2D eigenvalue weighted by molar-refractivity contribution is 5.43. The van der Waals surface area contributed by atoms with Crippen LogP contribution in [0.5, 0.6) is 0 Å². The zero-order valence-electron chi connectivity index (χ0n) is 10.0. The summed E-state index contributed by atoms with van der Waals surface area (Å²) in [5.74, 6) is -0.219. The van der Waals surface area contributed by atoms with Crippen LogP contribution < -0.4 is 10.2 Å². The Kier molecular flexibility index (Phi) is 3.58. The van der Waals surface area contributed by atoms with E-state index in [1.54, 1.807) is 11.9 Å². The van der Waals surface area contributed by atoms with Crippen LogP contribution in [0.4, 0.5) is 24.8 Å². The first kappa shape index (κ1) is 12.9. The lowest BCUT2D eigenvalue weighted by atomic mass is 9.97. The van der Waals surface area contributed by atoms with Crippen LogP contribution in [0.15, 0.2) is 12.4 Å². The van der Waals surface area contributed by atoms with E-state index in [-0.39, 0.29) is 13.0 Å². The molecule has 1 N–H and O–H groups in total. The van der Waals surface area contributed by atoms with Gasteiger partial charge >= 0.3 is 6.18 Å². The Morgan fingerprint density at radius 1 is 1.39 bits per heavy atom. The molecule has 1 aromatic heterocycles. The summed E-state index contributed by atoms with van der Waals surface area (Å²) < 4.78 is 38.1. The molecule has 4 nitrogen and oxygen atoms in total. The fourth-order valence-electron chi connectivity index (χ4n) is 2.08. The number of piperidine rings is 1. The van der Waals surface area contributed by atoms with Crippen LogP contribution >= 0.6 is 0 Å². The third-order valence-corrected chi connectivity index (χ3v) is 3.09. The van der Waals surface area contributed by atoms with E-state index >= 15 is 0 Å². The molecule has 1 atom stereocenters. The van der Waals surface area contributed by atoms with E-state index in [9.17, 15) is 13.2 Å². The van der Waals surface area contributed by atoms with Crippen LogP contribution in [-0.4, -0.2) is 36.3 Å². The topological polar surface area (TPSA) is 41.1 Å². The van der Waals surface area contributed by atoms with E-state index in [1.807, 2.05) is 0 Å². The quantitative estimate of drug-likeness (QED) is 0.885. The molecule has 0 spiro atoms. The summed E-state index contributed by atoms with van der Waals surface area (Å²) in [5, 5.41) is 2.83. The van der Waals surface area contributed by atoms with Crippen molar-refractivity contribution in [2.75, 3.05) is 30.4 Å². The Morgan fingerprint density at radius 3 is 2.83 bits per heavy atom. The van der Waals surface area contributed by atoms with Gasteiger partial charge in [0.15, 0.2) is 0 Å². The zero-order chi connectivity index (χ0) is 13.2. The molecule has 2 heterocycles. The lowest BCUT2D eigenvalue weighted by Crippen LogP contribution is -2.42. The van der Waals surface area contributed by atoms with Gasteiger partial charge in [0.05, 0.1) is 18.3 Å². The highest BCUT2D eigenvalue weighted by atomic mass is 19.4. The van der Waals surface area contributed by atoms with Gasteiger partial charge in [0, 0.05) is 20.1 Å². The molecule has 1 unspecified atom stereocenters. The highest BCUT2D eigenvalue weighted by Crippen LogP contribution is 2.34. The molecule has 0 amide bonds. The van der Waals surface area contributed by atoms with Crippen molar-refractivity contribution in [2.45, 2.75) is 19.0 Å². The van der Waals surface area contributed by atoms with E-state index < -0.39 is 12.1 Å². The summed E-state index contributed by atoms with van der Waals surface area (Å²) in [7, 11) is 1.70. The van der Waals surface area contributed by atoms with Crippen molar-refractivity contribution in [2.24, 2.45) is 5.92 Å². The summed E-state index contributed by atoms with van der Waals surface area (Å²) in [5.41, 5.74) is 0. The normalized spacial score (nSPS) is 20.9. The second kappa shape index (κ2) is 4.99. The molecule has 1 aliphatic heterocycles. The molecule has 18 heavy (non-hydrogen) atoms. The predicted octanol–water partition coefficient (Wildman–Crippen LogP) is 2.30. The monoisotopic (exact) mass is 260 g/mol. The van der Waals surface area contributed by atoms with Gasteiger partial charge in [-0.05, 0) is 12.8 Å². The van der Waals surface area contributed by atoms with Crippen molar-refractivity contribution in [3.8, 4) is 0 Å². The number of hydrogen-bond acceptors (Lipinski definition) is 4. The number of rotatable bonds is 2. The third kappa shape index (κ3) is 2.83. The standard InChI is InChI=1S/C11H15F3N4/c1-15-9-5-16-6-10(17-9)18-4-2-3-8(7-18)11(12,13)14/h5-6,8H,2-4,7H2,1H3,(H,15,17). The average Bonchev–Trinajstić information content (AvgIpc) is 2.38. The lowest BCUT2D eigenvalue weighted by Gasteiger charge is -2.34. The van der Waals surface area contributed by atoms with Crippen LogP contribution in [0.2, 0.25) is 0 Å². The molecular formula is C11H15F3N4. The molecule has 0 aliphatic carbocycles. The summed E-state index contributed by atoms with van der Waals surface area (Å²) >= 11 is 0. The number of halogens is 3. The van der Waals surface area contributed by atoms with Crippen LogP contribution in [0.25, 0.3) is 0 Å². The fraction of sp³-hybridized carbons (Fsp3) is 0.636. The third-order valence-electron chi connectivity index (χ3n) is 3.09. The van der Waals surface area contributed by atoms with Gasteiger partial charge in [-0.25, -0.2) is 4.98 Å². The van der Waals surface area contributed by atoms with Gasteiger partial charge in [0.1, 0.15) is 11.6 Å². The number of hydrogen-bond donors (Lipinski definition) is 1. The van der Waals surface area contributed by atoms with Crippen molar-refractivity contribution in [3.63, 3.8) is 0 Å². The summed E-state index contributed by atoms with van der Waals surface area (Å²) in [6.45, 7) is 0.555. The van der Waals surface area contributed by atoms with Gasteiger partial charge in [-0.15, -0.1) is 0 Å². The minimum atomic E-state index is -4.13. The second-order valence-electron chi connectivity index (χ2n) is 4.34.